The lowest BCUT2D eigenvalue weighted by Crippen LogP contribution is -2.38. The van der Waals surface area contributed by atoms with E-state index in [1.807, 2.05) is 11.8 Å². The first-order valence-corrected chi connectivity index (χ1v) is 7.90. The maximum atomic E-state index is 12.1. The number of nitrogens with one attached hydrogen (secondary N) is 1. The summed E-state index contributed by atoms with van der Waals surface area (Å²) in [5.74, 6) is -0.0665. The molecule has 5 nitrogen and oxygen atoms in total. The Morgan fingerprint density at radius 3 is 2.86 bits per heavy atom. The highest BCUT2D eigenvalue weighted by atomic mass is 16.3. The van der Waals surface area contributed by atoms with Crippen LogP contribution in [0.25, 0.3) is 0 Å². The van der Waals surface area contributed by atoms with Crippen molar-refractivity contribution in [1.29, 1.82) is 0 Å². The van der Waals surface area contributed by atoms with Crippen LogP contribution in [0.1, 0.15) is 48.5 Å². The lowest BCUT2D eigenvalue weighted by Gasteiger charge is -2.26. The zero-order valence-electron chi connectivity index (χ0n) is 13.3. The van der Waals surface area contributed by atoms with Crippen molar-refractivity contribution < 1.29 is 14.7 Å². The molecular formula is C17H24N2O3. The number of hydrogen-bond acceptors (Lipinski definition) is 3. The van der Waals surface area contributed by atoms with Gasteiger partial charge in [-0.1, -0.05) is 18.6 Å². The monoisotopic (exact) mass is 304 g/mol. The number of phenols is 1. The van der Waals surface area contributed by atoms with E-state index in [9.17, 15) is 14.7 Å². The molecule has 2 amide bonds. The van der Waals surface area contributed by atoms with E-state index >= 15 is 0 Å². The van der Waals surface area contributed by atoms with Crippen molar-refractivity contribution in [2.75, 3.05) is 13.1 Å². The molecule has 0 saturated carbocycles. The number of nitrogens with zero attached hydrogens (tertiary/aromatic N) is 1. The second kappa shape index (κ2) is 7.29. The fourth-order valence-corrected chi connectivity index (χ4v) is 2.91. The third-order valence-electron chi connectivity index (χ3n) is 4.18. The van der Waals surface area contributed by atoms with Crippen LogP contribution in [0.3, 0.4) is 0 Å². The molecular weight excluding hydrogens is 280 g/mol. The molecule has 2 N–H and O–H groups in total. The van der Waals surface area contributed by atoms with Gasteiger partial charge in [-0.05, 0) is 38.3 Å². The van der Waals surface area contributed by atoms with Crippen LogP contribution in [-0.2, 0) is 4.79 Å². The Kier molecular flexibility index (Phi) is 5.41. The van der Waals surface area contributed by atoms with Gasteiger partial charge in [0.15, 0.2) is 0 Å². The van der Waals surface area contributed by atoms with Gasteiger partial charge in [0.1, 0.15) is 5.75 Å². The number of aryl methyl sites for hydroxylation is 1. The van der Waals surface area contributed by atoms with E-state index in [1.54, 1.807) is 12.1 Å². The van der Waals surface area contributed by atoms with Gasteiger partial charge in [-0.15, -0.1) is 0 Å². The van der Waals surface area contributed by atoms with Gasteiger partial charge in [0.2, 0.25) is 5.91 Å². The lowest BCUT2D eigenvalue weighted by molar-refractivity contribution is -0.129. The van der Waals surface area contributed by atoms with Crippen LogP contribution in [0, 0.1) is 6.92 Å². The average molecular weight is 304 g/mol. The molecule has 2 rings (SSSR count). The minimum absolute atomic E-state index is 0.00939. The van der Waals surface area contributed by atoms with E-state index in [2.05, 4.69) is 12.2 Å². The number of carbonyl (C=O) groups is 2. The molecule has 1 aliphatic heterocycles. The van der Waals surface area contributed by atoms with E-state index < -0.39 is 0 Å². The van der Waals surface area contributed by atoms with E-state index in [0.717, 1.165) is 31.4 Å². The molecule has 1 aliphatic rings. The zero-order chi connectivity index (χ0) is 16.1. The maximum Gasteiger partial charge on any atom is 0.255 e. The first kappa shape index (κ1) is 16.3. The van der Waals surface area contributed by atoms with Gasteiger partial charge >= 0.3 is 0 Å². The van der Waals surface area contributed by atoms with Gasteiger partial charge < -0.3 is 15.3 Å². The highest BCUT2D eigenvalue weighted by Gasteiger charge is 2.26. The Labute approximate surface area is 131 Å². The quantitative estimate of drug-likeness (QED) is 0.846. The zero-order valence-corrected chi connectivity index (χ0v) is 13.3. The van der Waals surface area contributed by atoms with Gasteiger partial charge in [0.25, 0.3) is 5.91 Å². The Morgan fingerprint density at radius 1 is 1.45 bits per heavy atom. The topological polar surface area (TPSA) is 69.6 Å². The molecule has 1 fully saturated rings. The van der Waals surface area contributed by atoms with Gasteiger partial charge in [-0.25, -0.2) is 0 Å². The van der Waals surface area contributed by atoms with Crippen molar-refractivity contribution in [1.82, 2.24) is 10.2 Å². The van der Waals surface area contributed by atoms with Gasteiger partial charge in [0, 0.05) is 25.6 Å². The minimum Gasteiger partial charge on any atom is -0.507 e. The predicted octanol–water partition coefficient (Wildman–Crippen LogP) is 2.22. The molecule has 1 aromatic rings. The van der Waals surface area contributed by atoms with Gasteiger partial charge in [0.05, 0.1) is 5.56 Å². The van der Waals surface area contributed by atoms with Crippen LogP contribution in [0.2, 0.25) is 0 Å². The smallest absolute Gasteiger partial charge is 0.255 e. The molecule has 5 heteroatoms. The number of carbonyl (C=O) groups excluding carboxylic acids is 2. The molecule has 0 radical (unpaired) electrons. The number of amides is 2. The summed E-state index contributed by atoms with van der Waals surface area (Å²) < 4.78 is 0. The maximum absolute atomic E-state index is 12.1. The number of phenolic OH excluding ortho intramolecular Hbond substituents is 1. The molecule has 120 valence electrons. The summed E-state index contributed by atoms with van der Waals surface area (Å²) in [4.78, 5) is 25.8. The summed E-state index contributed by atoms with van der Waals surface area (Å²) in [5.41, 5.74) is 1.22. The molecule has 1 atom stereocenters. The van der Waals surface area contributed by atoms with E-state index in [1.165, 1.54) is 6.07 Å². The van der Waals surface area contributed by atoms with Crippen LogP contribution >= 0.6 is 0 Å². The summed E-state index contributed by atoms with van der Waals surface area (Å²) in [6.45, 7) is 5.26. The van der Waals surface area contributed by atoms with Crippen LogP contribution in [0.15, 0.2) is 18.2 Å². The Morgan fingerprint density at radius 2 is 2.23 bits per heavy atom. The Bertz CT molecular complexity index is 557. The van der Waals surface area contributed by atoms with Crippen molar-refractivity contribution in [2.24, 2.45) is 0 Å². The number of rotatable bonds is 6. The first-order valence-electron chi connectivity index (χ1n) is 7.90. The van der Waals surface area contributed by atoms with Crippen molar-refractivity contribution in [3.05, 3.63) is 29.3 Å². The van der Waals surface area contributed by atoms with Crippen LogP contribution in [0.5, 0.6) is 5.75 Å². The molecule has 1 aromatic carbocycles. The normalized spacial score (nSPS) is 15.9. The second-order valence-corrected chi connectivity index (χ2v) is 5.82. The number of likely N-dealkylation sites (tertiary alicyclic amines) is 1. The average Bonchev–Trinajstić information content (AvgIpc) is 2.92. The summed E-state index contributed by atoms with van der Waals surface area (Å²) >= 11 is 0. The van der Waals surface area contributed by atoms with Gasteiger partial charge in [-0.3, -0.25) is 9.59 Å². The number of benzene rings is 1. The number of aromatic hydroxyl groups is 1. The van der Waals surface area contributed by atoms with Crippen LogP contribution < -0.4 is 5.32 Å². The first-order chi connectivity index (χ1) is 10.5. The summed E-state index contributed by atoms with van der Waals surface area (Å²) in [6.07, 6.45) is 3.19. The van der Waals surface area contributed by atoms with E-state index in [4.69, 9.17) is 0 Å². The van der Waals surface area contributed by atoms with Crippen molar-refractivity contribution in [3.63, 3.8) is 0 Å². The van der Waals surface area contributed by atoms with Gasteiger partial charge in [-0.2, -0.15) is 0 Å². The van der Waals surface area contributed by atoms with Crippen LogP contribution in [-0.4, -0.2) is 41.0 Å². The van der Waals surface area contributed by atoms with Crippen molar-refractivity contribution in [2.45, 2.75) is 45.6 Å². The SMILES string of the molecule is CCC(CCNC(=O)c1cc(C)ccc1O)N1CCCC1=O. The Balaban J connectivity index is 1.88. The Hall–Kier alpha value is -2.04. The largest absolute Gasteiger partial charge is 0.507 e. The molecule has 1 saturated heterocycles. The second-order valence-electron chi connectivity index (χ2n) is 5.82. The molecule has 0 spiro atoms. The van der Waals surface area contributed by atoms with E-state index in [0.29, 0.717) is 18.5 Å². The minimum atomic E-state index is -0.274. The fourth-order valence-electron chi connectivity index (χ4n) is 2.91. The third-order valence-corrected chi connectivity index (χ3v) is 4.18. The predicted molar refractivity (Wildman–Crippen MR) is 84.8 cm³/mol. The molecule has 22 heavy (non-hydrogen) atoms. The van der Waals surface area contributed by atoms with E-state index in [-0.39, 0.29) is 23.6 Å². The molecule has 1 heterocycles. The summed E-state index contributed by atoms with van der Waals surface area (Å²) in [5, 5.41) is 12.6. The molecule has 1 unspecified atom stereocenters. The highest BCUT2D eigenvalue weighted by Crippen LogP contribution is 2.19. The summed E-state index contributed by atoms with van der Waals surface area (Å²) in [6, 6.07) is 5.15. The molecule has 0 aliphatic carbocycles. The molecule has 0 bridgehead atoms. The fraction of sp³-hybridized carbons (Fsp3) is 0.529. The standard InChI is InChI=1S/C17H24N2O3/c1-3-13(19-10-4-5-16(19)21)8-9-18-17(22)14-11-12(2)6-7-15(14)20/h6-7,11,13,20H,3-5,8-10H2,1-2H3,(H,18,22). The summed E-state index contributed by atoms with van der Waals surface area (Å²) in [7, 11) is 0. The van der Waals surface area contributed by atoms with Crippen molar-refractivity contribution in [3.8, 4) is 5.75 Å². The molecule has 0 aromatic heterocycles. The lowest BCUT2D eigenvalue weighted by atomic mass is 10.1. The highest BCUT2D eigenvalue weighted by molar-refractivity contribution is 5.96. The third kappa shape index (κ3) is 3.78. The number of hydrogen-bond donors (Lipinski definition) is 2. The van der Waals surface area contributed by atoms with Crippen LogP contribution in [0.4, 0.5) is 0 Å². The van der Waals surface area contributed by atoms with Crippen molar-refractivity contribution >= 4 is 11.8 Å².